The van der Waals surface area contributed by atoms with E-state index in [0.29, 0.717) is 17.0 Å². The number of aromatic nitrogens is 1. The lowest BCUT2D eigenvalue weighted by Crippen LogP contribution is -2.56. The van der Waals surface area contributed by atoms with Gasteiger partial charge in [-0.3, -0.25) is 0 Å². The van der Waals surface area contributed by atoms with Gasteiger partial charge in [-0.2, -0.15) is 0 Å². The monoisotopic (exact) mass is 311 g/mol. The number of pyridine rings is 1. The lowest BCUT2D eigenvalue weighted by atomic mass is 9.79. The van der Waals surface area contributed by atoms with Gasteiger partial charge >= 0.3 is 7.12 Å². The minimum Gasteiger partial charge on any atom is -0.399 e. The van der Waals surface area contributed by atoms with Gasteiger partial charge in [0.2, 0.25) is 0 Å². The molecule has 1 aromatic heterocycles. The van der Waals surface area contributed by atoms with Crippen LogP contribution in [0, 0.1) is 0 Å². The molecule has 0 aromatic carbocycles. The molecular weight excluding hydrogens is 291 g/mol. The number of rotatable bonds is 2. The first-order valence-electron chi connectivity index (χ1n) is 7.25. The van der Waals surface area contributed by atoms with Crippen LogP contribution in [0.3, 0.4) is 0 Å². The summed E-state index contributed by atoms with van der Waals surface area (Å²) in [4.78, 5) is 5.71. The van der Waals surface area contributed by atoms with Crippen molar-refractivity contribution < 1.29 is 18.1 Å². The average molecular weight is 311 g/mol. The van der Waals surface area contributed by atoms with E-state index < -0.39 is 24.2 Å². The molecule has 22 heavy (non-hydrogen) atoms. The molecule has 120 valence electrons. The summed E-state index contributed by atoms with van der Waals surface area (Å²) < 4.78 is 37.7. The number of alkyl halides is 2. The fourth-order valence-corrected chi connectivity index (χ4v) is 2.48. The predicted molar refractivity (Wildman–Crippen MR) is 81.5 cm³/mol. The Morgan fingerprint density at radius 2 is 1.73 bits per heavy atom. The summed E-state index contributed by atoms with van der Waals surface area (Å²) >= 11 is 0. The Bertz CT molecular complexity index is 586. The van der Waals surface area contributed by atoms with Gasteiger partial charge in [-0.05, 0) is 27.7 Å². The molecular formula is C14H20BF2N3O2. The first-order valence-corrected chi connectivity index (χ1v) is 7.25. The van der Waals surface area contributed by atoms with Gasteiger partial charge in [0.05, 0.1) is 24.3 Å². The summed E-state index contributed by atoms with van der Waals surface area (Å²) in [6, 6.07) is 1.59. The maximum Gasteiger partial charge on any atom is 0.498 e. The van der Waals surface area contributed by atoms with E-state index in [1.165, 1.54) is 4.90 Å². The standard InChI is InChI=1S/C14H20BF2N3O2/c1-12(2)13(3,4)22-15(21-12)9-6-19-11(5-10(9)18)20-7-14(16,17)8-20/h5-6H,7-8H2,1-4H3,(H2,18,19). The molecule has 0 amide bonds. The molecule has 2 aliphatic rings. The first-order chi connectivity index (χ1) is 10.0. The van der Waals surface area contributed by atoms with Crippen LogP contribution in [0.2, 0.25) is 0 Å². The van der Waals surface area contributed by atoms with Gasteiger partial charge in [-0.25, -0.2) is 13.8 Å². The Morgan fingerprint density at radius 3 is 2.18 bits per heavy atom. The van der Waals surface area contributed by atoms with Crippen LogP contribution in [0.1, 0.15) is 27.7 Å². The maximum absolute atomic E-state index is 12.9. The highest BCUT2D eigenvalue weighted by atomic mass is 19.3. The molecule has 2 N–H and O–H groups in total. The molecule has 1 aromatic rings. The van der Waals surface area contributed by atoms with Gasteiger partial charge < -0.3 is 19.9 Å². The Balaban J connectivity index is 1.80. The van der Waals surface area contributed by atoms with Crippen molar-refractivity contribution >= 4 is 24.1 Å². The van der Waals surface area contributed by atoms with E-state index in [0.717, 1.165) is 0 Å². The average Bonchev–Trinajstić information content (AvgIpc) is 2.55. The van der Waals surface area contributed by atoms with Crippen molar-refractivity contribution in [1.29, 1.82) is 0 Å². The molecule has 0 radical (unpaired) electrons. The van der Waals surface area contributed by atoms with E-state index in [4.69, 9.17) is 15.0 Å². The number of hydrogen-bond donors (Lipinski definition) is 1. The second-order valence-corrected chi connectivity index (χ2v) is 6.97. The van der Waals surface area contributed by atoms with E-state index in [9.17, 15) is 8.78 Å². The molecule has 3 rings (SSSR count). The Labute approximate surface area is 128 Å². The summed E-state index contributed by atoms with van der Waals surface area (Å²) in [7, 11) is -0.607. The summed E-state index contributed by atoms with van der Waals surface area (Å²) in [5.74, 6) is -2.19. The van der Waals surface area contributed by atoms with Crippen LogP contribution in [0.25, 0.3) is 0 Å². The van der Waals surface area contributed by atoms with Crippen LogP contribution in [0.5, 0.6) is 0 Å². The second kappa shape index (κ2) is 4.55. The Hall–Kier alpha value is -1.41. The lowest BCUT2D eigenvalue weighted by Gasteiger charge is -2.39. The van der Waals surface area contributed by atoms with Gasteiger partial charge in [0.1, 0.15) is 5.82 Å². The highest BCUT2D eigenvalue weighted by Gasteiger charge is 2.52. The Kier molecular flexibility index (Phi) is 3.20. The van der Waals surface area contributed by atoms with Gasteiger partial charge in [0.25, 0.3) is 5.92 Å². The summed E-state index contributed by atoms with van der Waals surface area (Å²) in [5.41, 5.74) is 6.16. The van der Waals surface area contributed by atoms with E-state index in [1.54, 1.807) is 12.3 Å². The SMILES string of the molecule is CC1(C)OB(c2cnc(N3CC(F)(F)C3)cc2N)OC1(C)C. The summed E-state index contributed by atoms with van der Waals surface area (Å²) in [6.45, 7) is 7.16. The highest BCUT2D eigenvalue weighted by molar-refractivity contribution is 6.63. The lowest BCUT2D eigenvalue weighted by molar-refractivity contribution is -0.0266. The molecule has 0 saturated carbocycles. The largest absolute Gasteiger partial charge is 0.498 e. The van der Waals surface area contributed by atoms with Crippen molar-refractivity contribution in [3.8, 4) is 0 Å². The molecule has 0 bridgehead atoms. The fourth-order valence-electron chi connectivity index (χ4n) is 2.48. The Morgan fingerprint density at radius 1 is 1.18 bits per heavy atom. The molecule has 0 unspecified atom stereocenters. The third-order valence-corrected chi connectivity index (χ3v) is 4.63. The van der Waals surface area contributed by atoms with Crippen LogP contribution in [0.15, 0.2) is 12.3 Å². The molecule has 0 atom stereocenters. The van der Waals surface area contributed by atoms with E-state index in [1.807, 2.05) is 27.7 Å². The number of halogens is 2. The number of nitrogens with zero attached hydrogens (tertiary/aromatic N) is 2. The van der Waals surface area contributed by atoms with E-state index >= 15 is 0 Å². The molecule has 2 aliphatic heterocycles. The van der Waals surface area contributed by atoms with Crippen molar-refractivity contribution in [2.75, 3.05) is 23.7 Å². The van der Waals surface area contributed by atoms with Crippen LogP contribution in [-0.4, -0.2) is 42.3 Å². The third kappa shape index (κ3) is 2.44. The number of nitrogen functional groups attached to an aromatic ring is 1. The van der Waals surface area contributed by atoms with Gasteiger partial charge in [-0.1, -0.05) is 0 Å². The molecule has 8 heteroatoms. The highest BCUT2D eigenvalue weighted by Crippen LogP contribution is 2.37. The fraction of sp³-hybridized carbons (Fsp3) is 0.643. The van der Waals surface area contributed by atoms with Gasteiger partial charge in [0, 0.05) is 23.4 Å². The first kappa shape index (κ1) is 15.5. The van der Waals surface area contributed by atoms with Crippen molar-refractivity contribution in [1.82, 2.24) is 4.98 Å². The molecule has 2 saturated heterocycles. The maximum atomic E-state index is 12.9. The zero-order valence-corrected chi connectivity index (χ0v) is 13.2. The number of hydrogen-bond acceptors (Lipinski definition) is 5. The van der Waals surface area contributed by atoms with Crippen molar-refractivity contribution in [3.63, 3.8) is 0 Å². The third-order valence-electron chi connectivity index (χ3n) is 4.63. The van der Waals surface area contributed by atoms with Crippen molar-refractivity contribution in [3.05, 3.63) is 12.3 Å². The van der Waals surface area contributed by atoms with Crippen LogP contribution in [0.4, 0.5) is 20.3 Å². The van der Waals surface area contributed by atoms with E-state index in [-0.39, 0.29) is 13.1 Å². The molecule has 0 spiro atoms. The quantitative estimate of drug-likeness (QED) is 0.837. The van der Waals surface area contributed by atoms with Crippen LogP contribution >= 0.6 is 0 Å². The normalized spacial score (nSPS) is 25.2. The smallest absolute Gasteiger partial charge is 0.399 e. The molecule has 2 fully saturated rings. The second-order valence-electron chi connectivity index (χ2n) is 6.97. The summed E-state index contributed by atoms with van der Waals surface area (Å²) in [5, 5.41) is 0. The predicted octanol–water partition coefficient (Wildman–Crippen LogP) is 1.42. The van der Waals surface area contributed by atoms with Crippen LogP contribution in [-0.2, 0) is 9.31 Å². The zero-order valence-electron chi connectivity index (χ0n) is 13.2. The van der Waals surface area contributed by atoms with Crippen molar-refractivity contribution in [2.24, 2.45) is 0 Å². The van der Waals surface area contributed by atoms with Crippen molar-refractivity contribution in [2.45, 2.75) is 44.8 Å². The van der Waals surface area contributed by atoms with E-state index in [2.05, 4.69) is 4.98 Å². The minimum atomic E-state index is -2.64. The number of nitrogens with two attached hydrogens (primary N) is 1. The number of anilines is 2. The molecule has 3 heterocycles. The molecule has 0 aliphatic carbocycles. The molecule has 5 nitrogen and oxygen atoms in total. The minimum absolute atomic E-state index is 0.324. The zero-order chi connectivity index (χ0) is 16.3. The van der Waals surface area contributed by atoms with Gasteiger partial charge in [-0.15, -0.1) is 0 Å². The van der Waals surface area contributed by atoms with Crippen LogP contribution < -0.4 is 16.1 Å². The van der Waals surface area contributed by atoms with Gasteiger partial charge in [0.15, 0.2) is 0 Å². The summed E-state index contributed by atoms with van der Waals surface area (Å²) in [6.07, 6.45) is 1.54. The topological polar surface area (TPSA) is 60.6 Å².